The minimum atomic E-state index is -0.513. The minimum absolute atomic E-state index is 0.179. The number of ether oxygens (including phenoxy) is 1. The van der Waals surface area contributed by atoms with Crippen molar-refractivity contribution >= 4 is 11.9 Å². The Balaban J connectivity index is 1.96. The Kier molecular flexibility index (Phi) is 6.97. The molecule has 2 aliphatic rings. The molecule has 1 aliphatic carbocycles. The van der Waals surface area contributed by atoms with Crippen molar-refractivity contribution in [3.05, 3.63) is 23.9 Å². The van der Waals surface area contributed by atoms with Crippen LogP contribution in [-0.2, 0) is 4.74 Å². The molecule has 5 heteroatoms. The molecular weight excluding hydrogens is 350 g/mol. The molecule has 28 heavy (non-hydrogen) atoms. The summed E-state index contributed by atoms with van der Waals surface area (Å²) in [5, 5.41) is 0. The second-order valence-corrected chi connectivity index (χ2v) is 9.25. The number of amides is 1. The number of aromatic nitrogens is 1. The summed E-state index contributed by atoms with van der Waals surface area (Å²) in [5.41, 5.74) is 0.672. The predicted octanol–water partition coefficient (Wildman–Crippen LogP) is 5.70. The normalized spacial score (nSPS) is 21.6. The molecule has 3 rings (SSSR count). The first-order valence-corrected chi connectivity index (χ1v) is 11.1. The van der Waals surface area contributed by atoms with Gasteiger partial charge in [-0.1, -0.05) is 32.3 Å². The highest BCUT2D eigenvalue weighted by molar-refractivity contribution is 5.88. The molecule has 1 aromatic heterocycles. The number of likely N-dealkylation sites (tertiary alicyclic amines) is 1. The van der Waals surface area contributed by atoms with E-state index in [-0.39, 0.29) is 12.1 Å². The van der Waals surface area contributed by atoms with Crippen LogP contribution in [0.25, 0.3) is 0 Å². The number of nitrogens with zero attached hydrogens (tertiary/aromatic N) is 3. The topological polar surface area (TPSA) is 45.7 Å². The van der Waals surface area contributed by atoms with Gasteiger partial charge in [0.1, 0.15) is 11.4 Å². The monoisotopic (exact) mass is 387 g/mol. The Labute approximate surface area is 170 Å². The summed E-state index contributed by atoms with van der Waals surface area (Å²) in [6.45, 7) is 10.3. The van der Waals surface area contributed by atoms with Crippen molar-refractivity contribution in [2.75, 3.05) is 18.0 Å². The highest BCUT2D eigenvalue weighted by atomic mass is 16.6. The molecule has 0 aromatic carbocycles. The van der Waals surface area contributed by atoms with Crippen molar-refractivity contribution in [2.24, 2.45) is 0 Å². The fourth-order valence-electron chi connectivity index (χ4n) is 4.66. The average Bonchev–Trinajstić information content (AvgIpc) is 3.10. The van der Waals surface area contributed by atoms with Gasteiger partial charge in [0, 0.05) is 23.8 Å². The van der Waals surface area contributed by atoms with Gasteiger partial charge in [-0.3, -0.25) is 9.80 Å². The number of carbonyl (C=O) groups is 1. The molecule has 1 saturated heterocycles. The molecule has 0 bridgehead atoms. The van der Waals surface area contributed by atoms with E-state index in [1.807, 2.05) is 37.9 Å². The third-order valence-corrected chi connectivity index (χ3v) is 5.81. The second kappa shape index (κ2) is 9.25. The standard InChI is InChI=1S/C23H37N3O2/c1-5-16-25-17-10-14-20(25)19-13-9-15-24-21(19)26(18-11-7-6-8-12-18)22(27)28-23(2,3)4/h9,13,15,18,20H,5-8,10-12,14,16-17H2,1-4H3/t20-/m0/s1. The van der Waals surface area contributed by atoms with E-state index in [0.29, 0.717) is 6.04 Å². The summed E-state index contributed by atoms with van der Waals surface area (Å²) in [4.78, 5) is 22.5. The Bertz CT molecular complexity index is 649. The van der Waals surface area contributed by atoms with Crippen LogP contribution in [0.5, 0.6) is 0 Å². The van der Waals surface area contributed by atoms with Crippen molar-refractivity contribution in [1.29, 1.82) is 0 Å². The lowest BCUT2D eigenvalue weighted by atomic mass is 9.93. The molecule has 0 radical (unpaired) electrons. The summed E-state index contributed by atoms with van der Waals surface area (Å²) >= 11 is 0. The quantitative estimate of drug-likeness (QED) is 0.650. The average molecular weight is 388 g/mol. The van der Waals surface area contributed by atoms with Gasteiger partial charge in [-0.25, -0.2) is 9.78 Å². The highest BCUT2D eigenvalue weighted by Crippen LogP contribution is 2.38. The molecule has 5 nitrogen and oxygen atoms in total. The van der Waals surface area contributed by atoms with Gasteiger partial charge in [-0.05, 0) is 72.0 Å². The first-order chi connectivity index (χ1) is 13.4. The number of hydrogen-bond acceptors (Lipinski definition) is 4. The van der Waals surface area contributed by atoms with Gasteiger partial charge >= 0.3 is 6.09 Å². The fourth-order valence-corrected chi connectivity index (χ4v) is 4.66. The van der Waals surface area contributed by atoms with E-state index in [1.165, 1.54) is 18.4 Å². The Hall–Kier alpha value is -1.62. The van der Waals surface area contributed by atoms with E-state index in [1.54, 1.807) is 0 Å². The molecular formula is C23H37N3O2. The lowest BCUT2D eigenvalue weighted by molar-refractivity contribution is 0.0555. The predicted molar refractivity (Wildman–Crippen MR) is 114 cm³/mol. The summed E-state index contributed by atoms with van der Waals surface area (Å²) in [5.74, 6) is 0.816. The lowest BCUT2D eigenvalue weighted by Gasteiger charge is -2.37. The first-order valence-electron chi connectivity index (χ1n) is 11.1. The van der Waals surface area contributed by atoms with Gasteiger partial charge in [0.15, 0.2) is 0 Å². The smallest absolute Gasteiger partial charge is 0.416 e. The van der Waals surface area contributed by atoms with Crippen LogP contribution in [0, 0.1) is 0 Å². The zero-order valence-corrected chi connectivity index (χ0v) is 18.1. The lowest BCUT2D eigenvalue weighted by Crippen LogP contribution is -2.45. The molecule has 1 atom stereocenters. The van der Waals surface area contributed by atoms with Crippen LogP contribution in [0.1, 0.15) is 90.7 Å². The molecule has 0 spiro atoms. The summed E-state index contributed by atoms with van der Waals surface area (Å²) in [6.07, 6.45) is 10.7. The molecule has 1 aliphatic heterocycles. The van der Waals surface area contributed by atoms with Gasteiger partial charge in [0.05, 0.1) is 0 Å². The van der Waals surface area contributed by atoms with Gasteiger partial charge in [-0.2, -0.15) is 0 Å². The maximum atomic E-state index is 13.3. The van der Waals surface area contributed by atoms with Crippen LogP contribution < -0.4 is 4.90 Å². The van der Waals surface area contributed by atoms with Gasteiger partial charge in [0.25, 0.3) is 0 Å². The SMILES string of the molecule is CCCN1CCC[C@H]1c1cccnc1N(C(=O)OC(C)(C)C)C1CCCCC1. The van der Waals surface area contributed by atoms with E-state index >= 15 is 0 Å². The van der Waals surface area contributed by atoms with Crippen LogP contribution in [0.2, 0.25) is 0 Å². The molecule has 1 amide bonds. The van der Waals surface area contributed by atoms with Crippen molar-refractivity contribution in [3.8, 4) is 0 Å². The van der Waals surface area contributed by atoms with E-state index in [4.69, 9.17) is 9.72 Å². The van der Waals surface area contributed by atoms with E-state index in [2.05, 4.69) is 17.9 Å². The Morgan fingerprint density at radius 2 is 1.96 bits per heavy atom. The van der Waals surface area contributed by atoms with E-state index < -0.39 is 5.60 Å². The zero-order valence-electron chi connectivity index (χ0n) is 18.1. The van der Waals surface area contributed by atoms with Crippen LogP contribution in [0.15, 0.2) is 18.3 Å². The third-order valence-electron chi connectivity index (χ3n) is 5.81. The molecule has 0 N–H and O–H groups in total. The molecule has 1 saturated carbocycles. The molecule has 156 valence electrons. The highest BCUT2D eigenvalue weighted by Gasteiger charge is 2.36. The summed E-state index contributed by atoms with van der Waals surface area (Å²) in [6, 6.07) is 4.70. The number of rotatable bonds is 5. The largest absolute Gasteiger partial charge is 0.443 e. The van der Waals surface area contributed by atoms with Crippen molar-refractivity contribution in [2.45, 2.75) is 96.7 Å². The molecule has 2 heterocycles. The van der Waals surface area contributed by atoms with Gasteiger partial charge < -0.3 is 4.74 Å². The summed E-state index contributed by atoms with van der Waals surface area (Å²) < 4.78 is 5.83. The maximum Gasteiger partial charge on any atom is 0.416 e. The maximum absolute atomic E-state index is 13.3. The summed E-state index contributed by atoms with van der Waals surface area (Å²) in [7, 11) is 0. The molecule has 2 fully saturated rings. The molecule has 1 aromatic rings. The van der Waals surface area contributed by atoms with Crippen molar-refractivity contribution < 1.29 is 9.53 Å². The minimum Gasteiger partial charge on any atom is -0.443 e. The van der Waals surface area contributed by atoms with E-state index in [9.17, 15) is 4.79 Å². The van der Waals surface area contributed by atoms with Crippen LogP contribution in [-0.4, -0.2) is 40.7 Å². The Morgan fingerprint density at radius 3 is 2.64 bits per heavy atom. The van der Waals surface area contributed by atoms with Gasteiger partial charge in [0.2, 0.25) is 0 Å². The zero-order chi connectivity index (χ0) is 20.1. The van der Waals surface area contributed by atoms with Crippen molar-refractivity contribution in [3.63, 3.8) is 0 Å². The number of pyridine rings is 1. The Morgan fingerprint density at radius 1 is 1.21 bits per heavy atom. The van der Waals surface area contributed by atoms with E-state index in [0.717, 1.165) is 57.4 Å². The van der Waals surface area contributed by atoms with Crippen LogP contribution in [0.4, 0.5) is 10.6 Å². The third kappa shape index (κ3) is 5.05. The fraction of sp³-hybridized carbons (Fsp3) is 0.739. The number of hydrogen-bond donors (Lipinski definition) is 0. The number of anilines is 1. The van der Waals surface area contributed by atoms with Crippen LogP contribution in [0.3, 0.4) is 0 Å². The first kappa shape index (κ1) is 21.1. The molecule has 0 unspecified atom stereocenters. The second-order valence-electron chi connectivity index (χ2n) is 9.25. The number of carbonyl (C=O) groups excluding carboxylic acids is 1. The van der Waals surface area contributed by atoms with Crippen molar-refractivity contribution in [1.82, 2.24) is 9.88 Å². The van der Waals surface area contributed by atoms with Gasteiger partial charge in [-0.15, -0.1) is 0 Å². The van der Waals surface area contributed by atoms with Crippen LogP contribution >= 0.6 is 0 Å².